The number of aliphatic hydroxyl groups is 1. The van der Waals surface area contributed by atoms with Gasteiger partial charge in [0.05, 0.1) is 11.6 Å². The maximum absolute atomic E-state index is 12.8. The molecule has 1 atom stereocenters. The number of Topliss-reactive ketones (excluding diaryl/α,β-unsaturated/α-hetero) is 1. The summed E-state index contributed by atoms with van der Waals surface area (Å²) < 4.78 is 0. The third-order valence-electron chi connectivity index (χ3n) is 4.50. The van der Waals surface area contributed by atoms with Gasteiger partial charge in [-0.15, -0.1) is 0 Å². The fourth-order valence-electron chi connectivity index (χ4n) is 3.22. The molecule has 0 spiro atoms. The van der Waals surface area contributed by atoms with Crippen LogP contribution in [0.2, 0.25) is 0 Å². The zero-order valence-corrected chi connectivity index (χ0v) is 15.4. The number of amides is 1. The van der Waals surface area contributed by atoms with E-state index < -0.39 is 17.7 Å². The Labute approximate surface area is 158 Å². The second-order valence-electron chi connectivity index (χ2n) is 6.67. The molecule has 0 aromatic carbocycles. The van der Waals surface area contributed by atoms with E-state index in [4.69, 9.17) is 0 Å². The minimum absolute atomic E-state index is 0.0871. The maximum Gasteiger partial charge on any atom is 0.295 e. The average molecular weight is 366 g/mol. The molecule has 0 aliphatic carbocycles. The monoisotopic (exact) mass is 366 g/mol. The highest BCUT2D eigenvalue weighted by Crippen LogP contribution is 2.38. The Morgan fingerprint density at radius 2 is 1.89 bits per heavy atom. The van der Waals surface area contributed by atoms with E-state index in [0.717, 1.165) is 6.54 Å². The van der Waals surface area contributed by atoms with Crippen molar-refractivity contribution in [1.82, 2.24) is 19.8 Å². The topological polar surface area (TPSA) is 86.6 Å². The van der Waals surface area contributed by atoms with Crippen molar-refractivity contribution >= 4 is 17.4 Å². The summed E-state index contributed by atoms with van der Waals surface area (Å²) in [6, 6.07) is 6.11. The van der Waals surface area contributed by atoms with Gasteiger partial charge in [0.2, 0.25) is 0 Å². The zero-order valence-electron chi connectivity index (χ0n) is 15.4. The highest BCUT2D eigenvalue weighted by molar-refractivity contribution is 6.46. The lowest BCUT2D eigenvalue weighted by Gasteiger charge is -2.25. The van der Waals surface area contributed by atoms with Gasteiger partial charge in [-0.05, 0) is 50.8 Å². The molecule has 7 nitrogen and oxygen atoms in total. The molecule has 3 rings (SSSR count). The van der Waals surface area contributed by atoms with Crippen LogP contribution in [0.15, 0.2) is 54.6 Å². The van der Waals surface area contributed by atoms with E-state index in [1.807, 2.05) is 25.1 Å². The van der Waals surface area contributed by atoms with Crippen LogP contribution in [0.3, 0.4) is 0 Å². The van der Waals surface area contributed by atoms with Crippen LogP contribution in [-0.4, -0.2) is 63.7 Å². The van der Waals surface area contributed by atoms with Crippen molar-refractivity contribution in [2.24, 2.45) is 0 Å². The third kappa shape index (κ3) is 3.88. The molecule has 0 saturated carbocycles. The van der Waals surface area contributed by atoms with Gasteiger partial charge in [0.1, 0.15) is 5.76 Å². The van der Waals surface area contributed by atoms with Crippen LogP contribution in [-0.2, 0) is 9.59 Å². The van der Waals surface area contributed by atoms with Crippen LogP contribution in [0.5, 0.6) is 0 Å². The molecule has 1 aliphatic rings. The molecule has 1 amide bonds. The van der Waals surface area contributed by atoms with Crippen LogP contribution in [0.25, 0.3) is 5.76 Å². The minimum atomic E-state index is -0.678. The summed E-state index contributed by atoms with van der Waals surface area (Å²) in [4.78, 5) is 37.0. The average Bonchev–Trinajstić information content (AvgIpc) is 2.93. The molecule has 2 aromatic rings. The number of likely N-dealkylation sites (tertiary alicyclic amines) is 1. The maximum atomic E-state index is 12.8. The summed E-state index contributed by atoms with van der Waals surface area (Å²) in [5.41, 5.74) is 1.23. The summed E-state index contributed by atoms with van der Waals surface area (Å²) in [6.45, 7) is 1.20. The Kier molecular flexibility index (Phi) is 5.61. The number of rotatable bonds is 6. The summed E-state index contributed by atoms with van der Waals surface area (Å²) in [5, 5.41) is 10.8. The molecule has 3 heterocycles. The Balaban J connectivity index is 2.05. The predicted molar refractivity (Wildman–Crippen MR) is 101 cm³/mol. The van der Waals surface area contributed by atoms with Crippen LogP contribution in [0, 0.1) is 0 Å². The van der Waals surface area contributed by atoms with Crippen molar-refractivity contribution in [3.8, 4) is 0 Å². The van der Waals surface area contributed by atoms with Gasteiger partial charge in [-0.2, -0.15) is 0 Å². The molecule has 27 heavy (non-hydrogen) atoms. The first kappa shape index (κ1) is 18.7. The van der Waals surface area contributed by atoms with E-state index in [9.17, 15) is 14.7 Å². The quantitative estimate of drug-likeness (QED) is 0.477. The number of pyridine rings is 2. The second kappa shape index (κ2) is 8.09. The molecule has 1 fully saturated rings. The molecule has 0 bridgehead atoms. The fraction of sp³-hybridized carbons (Fsp3) is 0.300. The Morgan fingerprint density at radius 1 is 1.15 bits per heavy atom. The highest BCUT2D eigenvalue weighted by Gasteiger charge is 2.45. The van der Waals surface area contributed by atoms with Gasteiger partial charge in [0.15, 0.2) is 0 Å². The molecule has 7 heteroatoms. The molecule has 0 radical (unpaired) electrons. The lowest BCUT2D eigenvalue weighted by atomic mass is 9.96. The molecular weight excluding hydrogens is 344 g/mol. The largest absolute Gasteiger partial charge is 0.507 e. The van der Waals surface area contributed by atoms with Crippen molar-refractivity contribution in [2.45, 2.75) is 12.5 Å². The van der Waals surface area contributed by atoms with E-state index in [2.05, 4.69) is 9.97 Å². The van der Waals surface area contributed by atoms with E-state index in [0.29, 0.717) is 24.1 Å². The zero-order chi connectivity index (χ0) is 19.4. The van der Waals surface area contributed by atoms with Gasteiger partial charge in [-0.1, -0.05) is 6.07 Å². The summed E-state index contributed by atoms with van der Waals surface area (Å²) in [5.74, 6) is -1.47. The molecule has 1 aliphatic heterocycles. The third-order valence-corrected chi connectivity index (χ3v) is 4.50. The van der Waals surface area contributed by atoms with Gasteiger partial charge >= 0.3 is 0 Å². The van der Waals surface area contributed by atoms with Crippen molar-refractivity contribution in [3.63, 3.8) is 0 Å². The second-order valence-corrected chi connectivity index (χ2v) is 6.67. The molecule has 140 valence electrons. The van der Waals surface area contributed by atoms with Crippen LogP contribution in [0.4, 0.5) is 0 Å². The number of nitrogens with zero attached hydrogens (tertiary/aromatic N) is 4. The lowest BCUT2D eigenvalue weighted by Crippen LogP contribution is -2.32. The van der Waals surface area contributed by atoms with Crippen molar-refractivity contribution in [1.29, 1.82) is 0 Å². The SMILES string of the molecule is CN(C)CCCN1C(=O)C(=O)/C(=C(/O)c2ccncc2)[C@@H]1c1cccnc1. The van der Waals surface area contributed by atoms with Gasteiger partial charge in [-0.3, -0.25) is 19.6 Å². The standard InChI is InChI=1S/C20H22N4O3/c1-23(2)11-4-12-24-17(15-5-3-8-22-13-15)16(19(26)20(24)27)18(25)14-6-9-21-10-7-14/h3,5-10,13,17,25H,4,11-12H2,1-2H3/b18-16+/t17-/m0/s1. The van der Waals surface area contributed by atoms with E-state index in [1.54, 1.807) is 30.6 Å². The van der Waals surface area contributed by atoms with E-state index in [-0.39, 0.29) is 11.3 Å². The first-order valence-corrected chi connectivity index (χ1v) is 8.74. The van der Waals surface area contributed by atoms with Gasteiger partial charge in [-0.25, -0.2) is 0 Å². The summed E-state index contributed by atoms with van der Waals surface area (Å²) >= 11 is 0. The van der Waals surface area contributed by atoms with Crippen molar-refractivity contribution in [2.75, 3.05) is 27.2 Å². The molecule has 0 unspecified atom stereocenters. The molecule has 1 N–H and O–H groups in total. The number of aromatic nitrogens is 2. The van der Waals surface area contributed by atoms with Crippen LogP contribution < -0.4 is 0 Å². The van der Waals surface area contributed by atoms with Gasteiger partial charge in [0.25, 0.3) is 11.7 Å². The molecule has 1 saturated heterocycles. The van der Waals surface area contributed by atoms with E-state index >= 15 is 0 Å². The summed E-state index contributed by atoms with van der Waals surface area (Å²) in [7, 11) is 3.91. The normalized spacial score (nSPS) is 19.1. The highest BCUT2D eigenvalue weighted by atomic mass is 16.3. The molecular formula is C20H22N4O3. The predicted octanol–water partition coefficient (Wildman–Crippen LogP) is 1.85. The van der Waals surface area contributed by atoms with Crippen LogP contribution >= 0.6 is 0 Å². The van der Waals surface area contributed by atoms with Crippen LogP contribution in [0.1, 0.15) is 23.6 Å². The minimum Gasteiger partial charge on any atom is -0.507 e. The Hall–Kier alpha value is -3.06. The number of aliphatic hydroxyl groups excluding tert-OH is 1. The lowest BCUT2D eigenvalue weighted by molar-refractivity contribution is -0.139. The number of hydrogen-bond donors (Lipinski definition) is 1. The molecule has 2 aromatic heterocycles. The number of hydrogen-bond acceptors (Lipinski definition) is 6. The van der Waals surface area contributed by atoms with Gasteiger partial charge in [0, 0.05) is 36.9 Å². The Morgan fingerprint density at radius 3 is 2.52 bits per heavy atom. The van der Waals surface area contributed by atoms with E-state index in [1.165, 1.54) is 17.3 Å². The smallest absolute Gasteiger partial charge is 0.295 e. The van der Waals surface area contributed by atoms with Crippen molar-refractivity contribution < 1.29 is 14.7 Å². The first-order valence-electron chi connectivity index (χ1n) is 8.74. The number of carbonyl (C=O) groups excluding carboxylic acids is 2. The number of carbonyl (C=O) groups is 2. The summed E-state index contributed by atoms with van der Waals surface area (Å²) in [6.07, 6.45) is 7.02. The Bertz CT molecular complexity index is 850. The fourth-order valence-corrected chi connectivity index (χ4v) is 3.22. The number of ketones is 1. The van der Waals surface area contributed by atoms with Gasteiger partial charge < -0.3 is 14.9 Å². The first-order chi connectivity index (χ1) is 13.0. The van der Waals surface area contributed by atoms with Crippen molar-refractivity contribution in [3.05, 3.63) is 65.8 Å².